The predicted molar refractivity (Wildman–Crippen MR) is 84.9 cm³/mol. The molecular weight excluding hydrogens is 328 g/mol. The second-order valence-electron chi connectivity index (χ2n) is 4.42. The summed E-state index contributed by atoms with van der Waals surface area (Å²) in [5, 5.41) is 0. The Balaban J connectivity index is 0.000000534. The minimum atomic E-state index is -2.39. The van der Waals surface area contributed by atoms with Crippen LogP contribution in [0.25, 0.3) is 0 Å². The van der Waals surface area contributed by atoms with Gasteiger partial charge >= 0.3 is 18.3 Å². The van der Waals surface area contributed by atoms with Crippen LogP contribution in [-0.2, 0) is 36.0 Å². The van der Waals surface area contributed by atoms with E-state index in [-0.39, 0.29) is 0 Å². The van der Waals surface area contributed by atoms with Gasteiger partial charge in [-0.1, -0.05) is 0 Å². The van der Waals surface area contributed by atoms with Gasteiger partial charge in [-0.25, -0.2) is 0 Å². The lowest BCUT2D eigenvalue weighted by Gasteiger charge is -2.24. The molecule has 0 saturated carbocycles. The first-order valence-corrected chi connectivity index (χ1v) is 10.4. The van der Waals surface area contributed by atoms with Crippen molar-refractivity contribution in [1.82, 2.24) is 0 Å². The first-order chi connectivity index (χ1) is 10.6. The number of hydrogen-bond donors (Lipinski definition) is 0. The van der Waals surface area contributed by atoms with Crippen LogP contribution >= 0.6 is 0 Å². The smallest absolute Gasteiger partial charge is 0.379 e. The molecule has 1 saturated heterocycles. The third-order valence-corrected chi connectivity index (χ3v) is 6.97. The van der Waals surface area contributed by atoms with Crippen LogP contribution < -0.4 is 0 Å². The Bertz CT molecular complexity index is 234. The van der Waals surface area contributed by atoms with Gasteiger partial charge in [0.25, 0.3) is 0 Å². The van der Waals surface area contributed by atoms with Crippen molar-refractivity contribution in [2.45, 2.75) is 18.6 Å². The molecule has 1 fully saturated rings. The Hall–Kier alpha value is 0.114. The average molecular weight is 359 g/mol. The highest BCUT2D eigenvalue weighted by atomic mass is 28.4. The van der Waals surface area contributed by atoms with E-state index in [1.807, 2.05) is 0 Å². The molecule has 0 radical (unpaired) electrons. The normalized spacial score (nSPS) is 17.3. The van der Waals surface area contributed by atoms with E-state index in [4.69, 9.17) is 36.0 Å². The SMILES string of the molecule is CO[SiH](OC)OC.CO[Si](CCCOCC1CO1)(OC)OC. The molecule has 1 unspecified atom stereocenters. The highest BCUT2D eigenvalue weighted by Crippen LogP contribution is 2.15. The molecule has 134 valence electrons. The Morgan fingerprint density at radius 2 is 1.45 bits per heavy atom. The van der Waals surface area contributed by atoms with E-state index in [0.717, 1.165) is 19.1 Å². The van der Waals surface area contributed by atoms with E-state index in [9.17, 15) is 0 Å². The van der Waals surface area contributed by atoms with E-state index in [1.54, 1.807) is 42.7 Å². The Morgan fingerprint density at radius 3 is 1.77 bits per heavy atom. The summed E-state index contributed by atoms with van der Waals surface area (Å²) in [4.78, 5) is 0. The summed E-state index contributed by atoms with van der Waals surface area (Å²) in [5.41, 5.74) is 0. The fourth-order valence-electron chi connectivity index (χ4n) is 1.61. The van der Waals surface area contributed by atoms with Gasteiger partial charge in [0.05, 0.1) is 13.2 Å². The molecule has 8 nitrogen and oxygen atoms in total. The summed E-state index contributed by atoms with van der Waals surface area (Å²) in [6, 6.07) is 0.780. The molecule has 0 aliphatic carbocycles. The van der Waals surface area contributed by atoms with Crippen molar-refractivity contribution in [3.05, 3.63) is 0 Å². The van der Waals surface area contributed by atoms with Gasteiger partial charge < -0.3 is 36.0 Å². The van der Waals surface area contributed by atoms with Crippen molar-refractivity contribution in [2.24, 2.45) is 0 Å². The molecule has 1 atom stereocenters. The van der Waals surface area contributed by atoms with Crippen molar-refractivity contribution in [1.29, 1.82) is 0 Å². The van der Waals surface area contributed by atoms with Crippen LogP contribution in [0.3, 0.4) is 0 Å². The van der Waals surface area contributed by atoms with Crippen LogP contribution in [0.4, 0.5) is 0 Å². The van der Waals surface area contributed by atoms with E-state index in [1.165, 1.54) is 0 Å². The zero-order valence-electron chi connectivity index (χ0n) is 14.5. The molecule has 22 heavy (non-hydrogen) atoms. The summed E-state index contributed by atoms with van der Waals surface area (Å²) in [5.74, 6) is 0. The van der Waals surface area contributed by atoms with Crippen molar-refractivity contribution in [3.63, 3.8) is 0 Å². The van der Waals surface area contributed by atoms with Gasteiger partial charge in [0.1, 0.15) is 6.10 Å². The summed E-state index contributed by atoms with van der Waals surface area (Å²) >= 11 is 0. The molecule has 0 amide bonds. The standard InChI is InChI=1S/C9H20O5Si.C3H10O3Si/c1-10-15(11-2,12-3)6-4-5-13-7-9-8-14-9;1-4-7(5-2)6-3/h9H,4-8H2,1-3H3;7H,1-3H3. The molecule has 1 heterocycles. The van der Waals surface area contributed by atoms with Crippen LogP contribution in [0, 0.1) is 0 Å². The quantitative estimate of drug-likeness (QED) is 0.280. The molecule has 0 bridgehead atoms. The van der Waals surface area contributed by atoms with Crippen LogP contribution in [-0.4, -0.2) is 86.9 Å². The zero-order valence-corrected chi connectivity index (χ0v) is 16.6. The lowest BCUT2D eigenvalue weighted by molar-refractivity contribution is 0.100. The maximum Gasteiger partial charge on any atom is 0.500 e. The highest BCUT2D eigenvalue weighted by Gasteiger charge is 2.36. The van der Waals surface area contributed by atoms with Crippen molar-refractivity contribution >= 4 is 18.3 Å². The van der Waals surface area contributed by atoms with Gasteiger partial charge in [-0.05, 0) is 6.42 Å². The monoisotopic (exact) mass is 358 g/mol. The van der Waals surface area contributed by atoms with Gasteiger partial charge in [-0.3, -0.25) is 0 Å². The molecule has 10 heteroatoms. The van der Waals surface area contributed by atoms with Gasteiger partial charge in [-0.2, -0.15) is 0 Å². The van der Waals surface area contributed by atoms with Crippen molar-refractivity contribution < 1.29 is 36.0 Å². The molecule has 1 aliphatic rings. The topological polar surface area (TPSA) is 77.1 Å². The molecule has 0 aromatic rings. The number of hydrogen-bond acceptors (Lipinski definition) is 8. The van der Waals surface area contributed by atoms with E-state index in [2.05, 4.69) is 0 Å². The summed E-state index contributed by atoms with van der Waals surface area (Å²) in [7, 11) is 5.53. The molecule has 1 rings (SSSR count). The summed E-state index contributed by atoms with van der Waals surface area (Å²) in [6.07, 6.45) is 1.22. The summed E-state index contributed by atoms with van der Waals surface area (Å²) in [6.45, 7) is 2.24. The maximum atomic E-state index is 5.42. The lowest BCUT2D eigenvalue weighted by atomic mass is 10.5. The van der Waals surface area contributed by atoms with E-state index < -0.39 is 18.3 Å². The highest BCUT2D eigenvalue weighted by molar-refractivity contribution is 6.60. The van der Waals surface area contributed by atoms with Crippen LogP contribution in [0.15, 0.2) is 0 Å². The van der Waals surface area contributed by atoms with Crippen LogP contribution in [0.2, 0.25) is 6.04 Å². The minimum absolute atomic E-state index is 0.333. The van der Waals surface area contributed by atoms with Crippen LogP contribution in [0.5, 0.6) is 0 Å². The molecule has 0 spiro atoms. The maximum absolute atomic E-state index is 5.42. The first-order valence-electron chi connectivity index (χ1n) is 7.04. The summed E-state index contributed by atoms with van der Waals surface area (Å²) < 4.78 is 40.5. The lowest BCUT2D eigenvalue weighted by Crippen LogP contribution is -2.42. The van der Waals surface area contributed by atoms with Crippen LogP contribution in [0.1, 0.15) is 6.42 Å². The van der Waals surface area contributed by atoms with Gasteiger partial charge in [0, 0.05) is 55.3 Å². The second kappa shape index (κ2) is 13.5. The van der Waals surface area contributed by atoms with Gasteiger partial charge in [-0.15, -0.1) is 0 Å². The van der Waals surface area contributed by atoms with Gasteiger partial charge in [0.15, 0.2) is 0 Å². The average Bonchev–Trinajstić information content (AvgIpc) is 3.38. The Kier molecular flexibility index (Phi) is 13.6. The van der Waals surface area contributed by atoms with Crippen molar-refractivity contribution in [2.75, 3.05) is 62.5 Å². The van der Waals surface area contributed by atoms with E-state index in [0.29, 0.717) is 19.3 Å². The molecule has 0 aromatic heterocycles. The fourth-order valence-corrected chi connectivity index (χ4v) is 3.88. The largest absolute Gasteiger partial charge is 0.500 e. The number of ether oxygens (including phenoxy) is 2. The minimum Gasteiger partial charge on any atom is -0.379 e. The Morgan fingerprint density at radius 1 is 0.955 bits per heavy atom. The number of rotatable bonds is 12. The van der Waals surface area contributed by atoms with Crippen molar-refractivity contribution in [3.8, 4) is 0 Å². The third-order valence-electron chi connectivity index (χ3n) is 2.99. The molecule has 0 aromatic carbocycles. The number of epoxide rings is 1. The Labute approximate surface area is 136 Å². The molecular formula is C12H30O8Si2. The first kappa shape index (κ1) is 22.1. The van der Waals surface area contributed by atoms with Gasteiger partial charge in [0.2, 0.25) is 0 Å². The molecule has 0 N–H and O–H groups in total. The molecule has 1 aliphatic heterocycles. The third kappa shape index (κ3) is 10.00. The zero-order chi connectivity index (χ0) is 16.8. The fraction of sp³-hybridized carbons (Fsp3) is 1.00. The second-order valence-corrected chi connectivity index (χ2v) is 9.51. The van der Waals surface area contributed by atoms with E-state index >= 15 is 0 Å². The predicted octanol–water partition coefficient (Wildman–Crippen LogP) is 0.313.